The van der Waals surface area contributed by atoms with E-state index in [-0.39, 0.29) is 34.3 Å². The van der Waals surface area contributed by atoms with Crippen molar-refractivity contribution < 1.29 is 9.59 Å². The van der Waals surface area contributed by atoms with Crippen molar-refractivity contribution in [3.63, 3.8) is 0 Å². The Morgan fingerprint density at radius 1 is 1.20 bits per heavy atom. The summed E-state index contributed by atoms with van der Waals surface area (Å²) < 4.78 is 0.585. The molecule has 0 saturated carbocycles. The topological polar surface area (TPSA) is 125 Å². The minimum Gasteiger partial charge on any atom is -0.384 e. The molecular weight excluding hydrogens is 576 g/mol. The van der Waals surface area contributed by atoms with E-state index in [1.165, 1.54) is 23.1 Å². The summed E-state index contributed by atoms with van der Waals surface area (Å²) in [5.74, 6) is -0.415. The van der Waals surface area contributed by atoms with Gasteiger partial charge in [-0.15, -0.1) is 10.2 Å². The average molecular weight is 605 g/mol. The molecule has 41 heavy (non-hydrogen) atoms. The van der Waals surface area contributed by atoms with Gasteiger partial charge in [0, 0.05) is 29.3 Å². The first-order valence-electron chi connectivity index (χ1n) is 13.2. The van der Waals surface area contributed by atoms with Gasteiger partial charge in [0.1, 0.15) is 5.82 Å². The van der Waals surface area contributed by atoms with Crippen molar-refractivity contribution in [1.29, 1.82) is 5.26 Å². The van der Waals surface area contributed by atoms with Gasteiger partial charge in [0.25, 0.3) is 0 Å². The Bertz CT molecular complexity index is 1590. The highest BCUT2D eigenvalue weighted by Crippen LogP contribution is 2.51. The molecule has 1 aliphatic heterocycles. The predicted molar refractivity (Wildman–Crippen MR) is 162 cm³/mol. The summed E-state index contributed by atoms with van der Waals surface area (Å²) >= 11 is 9.11. The first-order chi connectivity index (χ1) is 19.7. The van der Waals surface area contributed by atoms with E-state index in [0.29, 0.717) is 50.7 Å². The number of hydrogen-bond donors (Lipinski definition) is 2. The lowest BCUT2D eigenvalue weighted by Crippen LogP contribution is -2.42. The Morgan fingerprint density at radius 2 is 1.93 bits per heavy atom. The second-order valence-corrected chi connectivity index (χ2v) is 13.3. The standard InChI is InChI=1S/C30H29ClN6O2S2/c1-30(2)14-22-26(23(38)15-30)25(19-10-6-7-11-21(19)31)20(16-32)27(33)37(22)28-35-36-29(41-28)40-17-24(39)34-13-12-18-8-4-3-5-9-18/h3-11,25H,12-15,17,33H2,1-2H3,(H,34,39). The van der Waals surface area contributed by atoms with Crippen molar-refractivity contribution in [3.05, 3.63) is 93.4 Å². The van der Waals surface area contributed by atoms with Gasteiger partial charge in [-0.3, -0.25) is 14.5 Å². The third-order valence-corrected chi connectivity index (χ3v) is 9.48. The highest BCUT2D eigenvalue weighted by atomic mass is 35.5. The highest BCUT2D eigenvalue weighted by Gasteiger charge is 2.45. The SMILES string of the molecule is CC1(C)CC(=O)C2=C(C1)N(c1nnc(SCC(=O)NCCc3ccccc3)s1)C(N)=C(C#N)C2c1ccccc1Cl. The molecule has 0 fully saturated rings. The molecule has 11 heteroatoms. The molecule has 2 aromatic carbocycles. The van der Waals surface area contributed by atoms with Crippen molar-refractivity contribution in [2.45, 2.75) is 43.4 Å². The number of nitriles is 1. The van der Waals surface area contributed by atoms with Gasteiger partial charge in [0.05, 0.1) is 23.3 Å². The van der Waals surface area contributed by atoms with Crippen LogP contribution in [0.1, 0.15) is 43.7 Å². The number of ketones is 1. The van der Waals surface area contributed by atoms with E-state index in [0.717, 1.165) is 12.0 Å². The number of nitrogens with two attached hydrogens (primary N) is 1. The largest absolute Gasteiger partial charge is 0.384 e. The molecule has 0 spiro atoms. The second kappa shape index (κ2) is 12.1. The summed E-state index contributed by atoms with van der Waals surface area (Å²) in [6, 6.07) is 19.4. The highest BCUT2D eigenvalue weighted by molar-refractivity contribution is 8.01. The number of carbonyl (C=O) groups excluding carboxylic acids is 2. The van der Waals surface area contributed by atoms with Crippen LogP contribution in [0.25, 0.3) is 0 Å². The third kappa shape index (κ3) is 6.17. The maximum atomic E-state index is 13.7. The molecule has 0 saturated heterocycles. The van der Waals surface area contributed by atoms with Crippen LogP contribution in [0.5, 0.6) is 0 Å². The molecule has 1 aliphatic carbocycles. The summed E-state index contributed by atoms with van der Waals surface area (Å²) in [5.41, 5.74) is 9.66. The van der Waals surface area contributed by atoms with Crippen LogP contribution in [0.15, 0.2) is 81.6 Å². The van der Waals surface area contributed by atoms with Gasteiger partial charge in [0.15, 0.2) is 10.1 Å². The van der Waals surface area contributed by atoms with Crippen molar-refractivity contribution in [2.24, 2.45) is 11.1 Å². The fraction of sp³-hybridized carbons (Fsp3) is 0.300. The number of aromatic nitrogens is 2. The average Bonchev–Trinajstić information content (AvgIpc) is 3.40. The van der Waals surface area contributed by atoms with E-state index < -0.39 is 5.92 Å². The number of anilines is 1. The van der Waals surface area contributed by atoms with Gasteiger partial charge < -0.3 is 11.1 Å². The van der Waals surface area contributed by atoms with Crippen LogP contribution in [-0.4, -0.2) is 34.2 Å². The fourth-order valence-corrected chi connectivity index (χ4v) is 7.22. The zero-order valence-electron chi connectivity index (χ0n) is 22.7. The maximum Gasteiger partial charge on any atom is 0.230 e. The lowest BCUT2D eigenvalue weighted by molar-refractivity contribution is -0.119. The van der Waals surface area contributed by atoms with Crippen molar-refractivity contribution in [1.82, 2.24) is 15.5 Å². The number of amides is 1. The van der Waals surface area contributed by atoms with E-state index in [2.05, 4.69) is 21.6 Å². The first-order valence-corrected chi connectivity index (χ1v) is 15.3. The molecule has 5 rings (SSSR count). The molecule has 1 unspecified atom stereocenters. The van der Waals surface area contributed by atoms with Crippen LogP contribution in [0.4, 0.5) is 5.13 Å². The predicted octanol–water partition coefficient (Wildman–Crippen LogP) is 5.58. The van der Waals surface area contributed by atoms with E-state index in [9.17, 15) is 14.9 Å². The number of nitrogens with zero attached hydrogens (tertiary/aromatic N) is 4. The number of Topliss-reactive ketones (excluding diaryl/α,β-unsaturated/α-hetero) is 1. The molecule has 0 bridgehead atoms. The molecular formula is C30H29ClN6O2S2. The van der Waals surface area contributed by atoms with Crippen LogP contribution in [-0.2, 0) is 16.0 Å². The van der Waals surface area contributed by atoms with Crippen LogP contribution in [0, 0.1) is 16.7 Å². The van der Waals surface area contributed by atoms with Gasteiger partial charge in [-0.1, -0.05) is 97.1 Å². The minimum absolute atomic E-state index is 0.0438. The van der Waals surface area contributed by atoms with E-state index in [1.54, 1.807) is 11.0 Å². The van der Waals surface area contributed by atoms with Gasteiger partial charge in [-0.25, -0.2) is 0 Å². The molecule has 1 aromatic heterocycles. The molecule has 3 N–H and O–H groups in total. The number of allylic oxidation sites excluding steroid dienone is 3. The number of nitrogens with one attached hydrogen (secondary N) is 1. The fourth-order valence-electron chi connectivity index (χ4n) is 5.27. The maximum absolute atomic E-state index is 13.7. The van der Waals surface area contributed by atoms with Crippen LogP contribution in [0.2, 0.25) is 5.02 Å². The number of thioether (sulfide) groups is 1. The summed E-state index contributed by atoms with van der Waals surface area (Å²) in [6.45, 7) is 4.62. The normalized spacial score (nSPS) is 18.2. The lowest BCUT2D eigenvalue weighted by atomic mass is 9.68. The Balaban J connectivity index is 1.39. The zero-order valence-corrected chi connectivity index (χ0v) is 25.1. The summed E-state index contributed by atoms with van der Waals surface area (Å²) in [6.07, 6.45) is 1.65. The van der Waals surface area contributed by atoms with E-state index in [4.69, 9.17) is 17.3 Å². The quantitative estimate of drug-likeness (QED) is 0.319. The van der Waals surface area contributed by atoms with Crippen molar-refractivity contribution >= 4 is 51.5 Å². The van der Waals surface area contributed by atoms with Crippen molar-refractivity contribution in [2.75, 3.05) is 17.2 Å². The van der Waals surface area contributed by atoms with Gasteiger partial charge in [0.2, 0.25) is 11.0 Å². The number of rotatable bonds is 8. The molecule has 210 valence electrons. The van der Waals surface area contributed by atoms with Crippen molar-refractivity contribution in [3.8, 4) is 6.07 Å². The van der Waals surface area contributed by atoms with E-state index >= 15 is 0 Å². The molecule has 0 radical (unpaired) electrons. The number of benzene rings is 2. The number of hydrogen-bond acceptors (Lipinski definition) is 9. The Labute approximate surface area is 252 Å². The zero-order chi connectivity index (χ0) is 29.1. The summed E-state index contributed by atoms with van der Waals surface area (Å²) in [4.78, 5) is 27.8. The molecule has 2 aliphatic rings. The van der Waals surface area contributed by atoms with Crippen LogP contribution < -0.4 is 16.0 Å². The molecule has 3 aromatic rings. The smallest absolute Gasteiger partial charge is 0.230 e. The molecule has 1 amide bonds. The Hall–Kier alpha value is -3.65. The Morgan fingerprint density at radius 3 is 2.66 bits per heavy atom. The lowest BCUT2D eigenvalue weighted by Gasteiger charge is -2.42. The van der Waals surface area contributed by atoms with Gasteiger partial charge >= 0.3 is 0 Å². The van der Waals surface area contributed by atoms with Gasteiger partial charge in [-0.2, -0.15) is 5.26 Å². The molecule has 8 nitrogen and oxygen atoms in total. The third-order valence-electron chi connectivity index (χ3n) is 7.09. The monoisotopic (exact) mass is 604 g/mol. The summed E-state index contributed by atoms with van der Waals surface area (Å²) in [5, 5.41) is 22.7. The number of carbonyl (C=O) groups is 2. The summed E-state index contributed by atoms with van der Waals surface area (Å²) in [7, 11) is 0. The second-order valence-electron chi connectivity index (χ2n) is 10.7. The van der Waals surface area contributed by atoms with E-state index in [1.807, 2.05) is 62.4 Å². The molecule has 1 atom stereocenters. The number of halogens is 1. The minimum atomic E-state index is -0.662. The first kappa shape index (κ1) is 28.9. The molecule has 2 heterocycles. The van der Waals surface area contributed by atoms with Crippen LogP contribution >= 0.6 is 34.7 Å². The Kier molecular flexibility index (Phi) is 8.50. The van der Waals surface area contributed by atoms with Crippen LogP contribution in [0.3, 0.4) is 0 Å². The van der Waals surface area contributed by atoms with Gasteiger partial charge in [-0.05, 0) is 35.4 Å².